The normalized spacial score (nSPS) is 18.4. The fraction of sp³-hybridized carbons (Fsp3) is 0.688. The summed E-state index contributed by atoms with van der Waals surface area (Å²) in [4.78, 5) is 6.95. The van der Waals surface area contributed by atoms with Crippen LogP contribution in [0.5, 0.6) is 0 Å². The van der Waals surface area contributed by atoms with E-state index < -0.39 is 0 Å². The van der Waals surface area contributed by atoms with E-state index >= 15 is 0 Å². The van der Waals surface area contributed by atoms with Gasteiger partial charge in [-0.3, -0.25) is 0 Å². The molecular formula is C16H28N2O. The summed E-state index contributed by atoms with van der Waals surface area (Å²) in [6.07, 6.45) is 4.45. The number of pyridine rings is 1. The lowest BCUT2D eigenvalue weighted by Crippen LogP contribution is -2.33. The van der Waals surface area contributed by atoms with Crippen molar-refractivity contribution in [2.75, 3.05) is 25.2 Å². The van der Waals surface area contributed by atoms with Gasteiger partial charge in [0, 0.05) is 19.9 Å². The van der Waals surface area contributed by atoms with E-state index in [-0.39, 0.29) is 0 Å². The number of ether oxygens (including phenoxy) is 1. The predicted molar refractivity (Wildman–Crippen MR) is 81.9 cm³/mol. The Morgan fingerprint density at radius 1 is 1.37 bits per heavy atom. The summed E-state index contributed by atoms with van der Waals surface area (Å²) in [6.45, 7) is 10.3. The molecule has 1 fully saturated rings. The SMILES string of the molecule is CC.COC[C@H]1CCCN1c1ccc(C(C)C)cn1. The van der Waals surface area contributed by atoms with Crippen LogP contribution in [0.3, 0.4) is 0 Å². The van der Waals surface area contributed by atoms with Gasteiger partial charge in [-0.2, -0.15) is 0 Å². The Morgan fingerprint density at radius 2 is 2.11 bits per heavy atom. The molecule has 3 heteroatoms. The van der Waals surface area contributed by atoms with Gasteiger partial charge in [0.15, 0.2) is 0 Å². The van der Waals surface area contributed by atoms with Gasteiger partial charge in [0.2, 0.25) is 0 Å². The molecule has 1 aliphatic rings. The van der Waals surface area contributed by atoms with Crippen LogP contribution in [0.1, 0.15) is 52.0 Å². The van der Waals surface area contributed by atoms with Gasteiger partial charge >= 0.3 is 0 Å². The minimum absolute atomic E-state index is 0.498. The second-order valence-electron chi connectivity index (χ2n) is 5.05. The van der Waals surface area contributed by atoms with Crippen molar-refractivity contribution in [3.63, 3.8) is 0 Å². The minimum atomic E-state index is 0.498. The van der Waals surface area contributed by atoms with Crippen LogP contribution in [-0.2, 0) is 4.74 Å². The molecule has 0 N–H and O–H groups in total. The second kappa shape index (κ2) is 8.16. The van der Waals surface area contributed by atoms with Crippen molar-refractivity contribution in [2.45, 2.75) is 52.5 Å². The van der Waals surface area contributed by atoms with E-state index in [1.165, 1.54) is 18.4 Å². The Labute approximate surface area is 118 Å². The highest BCUT2D eigenvalue weighted by Gasteiger charge is 2.25. The van der Waals surface area contributed by atoms with Gasteiger partial charge in [-0.1, -0.05) is 33.8 Å². The zero-order chi connectivity index (χ0) is 14.3. The average molecular weight is 264 g/mol. The topological polar surface area (TPSA) is 25.4 Å². The molecule has 0 spiro atoms. The first-order valence-electron chi connectivity index (χ1n) is 7.44. The zero-order valence-electron chi connectivity index (χ0n) is 13.0. The van der Waals surface area contributed by atoms with Crippen molar-refractivity contribution in [3.8, 4) is 0 Å². The molecule has 2 rings (SSSR count). The summed E-state index contributed by atoms with van der Waals surface area (Å²) < 4.78 is 5.27. The monoisotopic (exact) mass is 264 g/mol. The van der Waals surface area contributed by atoms with Crippen molar-refractivity contribution < 1.29 is 4.74 Å². The first-order valence-corrected chi connectivity index (χ1v) is 7.44. The highest BCUT2D eigenvalue weighted by atomic mass is 16.5. The molecule has 1 aromatic rings. The molecule has 0 unspecified atom stereocenters. The van der Waals surface area contributed by atoms with Crippen LogP contribution in [0.25, 0.3) is 0 Å². The molecule has 0 aromatic carbocycles. The molecule has 0 aliphatic carbocycles. The fourth-order valence-electron chi connectivity index (χ4n) is 2.41. The van der Waals surface area contributed by atoms with Gasteiger partial charge in [0.05, 0.1) is 12.6 Å². The van der Waals surface area contributed by atoms with Crippen molar-refractivity contribution >= 4 is 5.82 Å². The first kappa shape index (κ1) is 16.0. The zero-order valence-corrected chi connectivity index (χ0v) is 13.0. The third-order valence-electron chi connectivity index (χ3n) is 3.47. The van der Waals surface area contributed by atoms with E-state index in [9.17, 15) is 0 Å². The van der Waals surface area contributed by atoms with Crippen LogP contribution < -0.4 is 4.90 Å². The van der Waals surface area contributed by atoms with Gasteiger partial charge in [0.1, 0.15) is 5.82 Å². The average Bonchev–Trinajstić information content (AvgIpc) is 2.90. The van der Waals surface area contributed by atoms with Gasteiger partial charge in [-0.05, 0) is 30.4 Å². The van der Waals surface area contributed by atoms with E-state index in [0.717, 1.165) is 19.0 Å². The van der Waals surface area contributed by atoms with Crippen LogP contribution in [0.4, 0.5) is 5.82 Å². The maximum atomic E-state index is 5.27. The largest absolute Gasteiger partial charge is 0.383 e. The molecule has 1 aromatic heterocycles. The van der Waals surface area contributed by atoms with Crippen LogP contribution in [0.2, 0.25) is 0 Å². The predicted octanol–water partition coefficient (Wildman–Crippen LogP) is 3.85. The quantitative estimate of drug-likeness (QED) is 0.826. The molecule has 0 bridgehead atoms. The van der Waals surface area contributed by atoms with Gasteiger partial charge in [-0.25, -0.2) is 4.98 Å². The third-order valence-corrected chi connectivity index (χ3v) is 3.47. The molecule has 2 heterocycles. The Balaban J connectivity index is 0.000000861. The summed E-state index contributed by atoms with van der Waals surface area (Å²) in [6, 6.07) is 4.83. The summed E-state index contributed by atoms with van der Waals surface area (Å²) in [5.74, 6) is 1.64. The number of hydrogen-bond donors (Lipinski definition) is 0. The van der Waals surface area contributed by atoms with Crippen molar-refractivity contribution in [3.05, 3.63) is 23.9 Å². The third kappa shape index (κ3) is 4.20. The fourth-order valence-corrected chi connectivity index (χ4v) is 2.41. The smallest absolute Gasteiger partial charge is 0.128 e. The molecule has 1 saturated heterocycles. The number of nitrogens with zero attached hydrogens (tertiary/aromatic N) is 2. The van der Waals surface area contributed by atoms with E-state index in [0.29, 0.717) is 12.0 Å². The Morgan fingerprint density at radius 3 is 2.63 bits per heavy atom. The molecule has 108 valence electrons. The summed E-state index contributed by atoms with van der Waals surface area (Å²) in [5, 5.41) is 0. The van der Waals surface area contributed by atoms with Crippen LogP contribution in [-0.4, -0.2) is 31.3 Å². The maximum absolute atomic E-state index is 5.27. The van der Waals surface area contributed by atoms with E-state index in [1.807, 2.05) is 20.0 Å². The number of aromatic nitrogens is 1. The highest BCUT2D eigenvalue weighted by molar-refractivity contribution is 5.42. The lowest BCUT2D eigenvalue weighted by atomic mass is 10.1. The van der Waals surface area contributed by atoms with Crippen LogP contribution in [0.15, 0.2) is 18.3 Å². The number of hydrogen-bond acceptors (Lipinski definition) is 3. The van der Waals surface area contributed by atoms with Crippen molar-refractivity contribution in [2.24, 2.45) is 0 Å². The summed E-state index contributed by atoms with van der Waals surface area (Å²) in [5.41, 5.74) is 1.30. The highest BCUT2D eigenvalue weighted by Crippen LogP contribution is 2.25. The summed E-state index contributed by atoms with van der Waals surface area (Å²) >= 11 is 0. The maximum Gasteiger partial charge on any atom is 0.128 e. The van der Waals surface area contributed by atoms with E-state index in [4.69, 9.17) is 4.74 Å². The standard InChI is InChI=1S/C14H22N2O.C2H6/c1-11(2)12-6-7-14(15-9-12)16-8-4-5-13(16)10-17-3;1-2/h6-7,9,11,13H,4-5,8,10H2,1-3H3;1-2H3/t13-;/m1./s1. The molecule has 0 radical (unpaired) electrons. The Kier molecular flexibility index (Phi) is 6.85. The van der Waals surface area contributed by atoms with E-state index in [1.54, 1.807) is 7.11 Å². The molecule has 19 heavy (non-hydrogen) atoms. The van der Waals surface area contributed by atoms with Crippen LogP contribution in [0, 0.1) is 0 Å². The second-order valence-corrected chi connectivity index (χ2v) is 5.05. The molecule has 1 aliphatic heterocycles. The van der Waals surface area contributed by atoms with Crippen molar-refractivity contribution in [1.82, 2.24) is 4.98 Å². The van der Waals surface area contributed by atoms with Gasteiger partial charge in [-0.15, -0.1) is 0 Å². The van der Waals surface area contributed by atoms with Gasteiger partial charge in [0.25, 0.3) is 0 Å². The van der Waals surface area contributed by atoms with Gasteiger partial charge < -0.3 is 9.64 Å². The van der Waals surface area contributed by atoms with Crippen LogP contribution >= 0.6 is 0 Å². The molecule has 1 atom stereocenters. The van der Waals surface area contributed by atoms with Crippen molar-refractivity contribution in [1.29, 1.82) is 0 Å². The molecule has 0 amide bonds. The molecule has 3 nitrogen and oxygen atoms in total. The number of methoxy groups -OCH3 is 1. The Hall–Kier alpha value is -1.09. The Bertz CT molecular complexity index is 348. The van der Waals surface area contributed by atoms with E-state index in [2.05, 4.69) is 35.9 Å². The molecular weight excluding hydrogens is 236 g/mol. The molecule has 0 saturated carbocycles. The summed E-state index contributed by atoms with van der Waals surface area (Å²) in [7, 11) is 1.77. The lowest BCUT2D eigenvalue weighted by Gasteiger charge is -2.25. The number of anilines is 1. The lowest BCUT2D eigenvalue weighted by molar-refractivity contribution is 0.180. The minimum Gasteiger partial charge on any atom is -0.383 e. The number of rotatable bonds is 4. The first-order chi connectivity index (χ1) is 9.22.